The molecule has 1 N–H and O–H groups in total. The third-order valence-corrected chi connectivity index (χ3v) is 5.45. The minimum atomic E-state index is -0.507. The van der Waals surface area contributed by atoms with E-state index in [0.717, 1.165) is 24.9 Å². The molecule has 2 heterocycles. The summed E-state index contributed by atoms with van der Waals surface area (Å²) in [4.78, 5) is 2.15. The van der Waals surface area contributed by atoms with Crippen molar-refractivity contribution in [2.75, 3.05) is 20.7 Å². The predicted octanol–water partition coefficient (Wildman–Crippen LogP) is 2.38. The van der Waals surface area contributed by atoms with Gasteiger partial charge < -0.3 is 19.5 Å². The maximum atomic E-state index is 14.8. The summed E-state index contributed by atoms with van der Waals surface area (Å²) in [6, 6.07) is 1.43. The highest BCUT2D eigenvalue weighted by atomic mass is 19.1. The molecule has 1 spiro atoms. The molecule has 5 heteroatoms. The van der Waals surface area contributed by atoms with Crippen LogP contribution in [0.5, 0.6) is 11.5 Å². The van der Waals surface area contributed by atoms with E-state index in [1.807, 2.05) is 19.2 Å². The van der Waals surface area contributed by atoms with E-state index in [1.54, 1.807) is 0 Å². The van der Waals surface area contributed by atoms with Crippen molar-refractivity contribution < 1.29 is 19.0 Å². The van der Waals surface area contributed by atoms with Gasteiger partial charge in [-0.1, -0.05) is 12.2 Å². The first-order valence-corrected chi connectivity index (χ1v) is 8.17. The molecule has 0 aromatic heterocycles. The lowest BCUT2D eigenvalue weighted by molar-refractivity contribution is 0.0816. The Labute approximate surface area is 135 Å². The molecule has 0 saturated heterocycles. The zero-order valence-corrected chi connectivity index (χ0v) is 13.5. The van der Waals surface area contributed by atoms with Crippen LogP contribution in [-0.2, 0) is 12.0 Å². The van der Waals surface area contributed by atoms with Gasteiger partial charge in [0.15, 0.2) is 11.5 Å². The molecule has 0 bridgehead atoms. The number of aliphatic hydroxyl groups is 1. The molecular weight excluding hydrogens is 297 g/mol. The lowest BCUT2D eigenvalue weighted by Crippen LogP contribution is -2.43. The second-order valence-corrected chi connectivity index (χ2v) is 6.89. The second-order valence-electron chi connectivity index (χ2n) is 6.89. The predicted molar refractivity (Wildman–Crippen MR) is 84.4 cm³/mol. The molecule has 3 atom stereocenters. The third kappa shape index (κ3) is 2.10. The van der Waals surface area contributed by atoms with E-state index in [-0.39, 0.29) is 17.3 Å². The highest BCUT2D eigenvalue weighted by Gasteiger charge is 2.52. The van der Waals surface area contributed by atoms with Crippen LogP contribution in [0, 0.1) is 5.82 Å². The lowest BCUT2D eigenvalue weighted by Gasteiger charge is -2.38. The average molecular weight is 319 g/mol. The zero-order valence-electron chi connectivity index (χ0n) is 13.5. The monoisotopic (exact) mass is 319 g/mol. The summed E-state index contributed by atoms with van der Waals surface area (Å²) in [5, 5.41) is 10.0. The Hall–Kier alpha value is -1.59. The maximum Gasteiger partial charge on any atom is 0.166 e. The third-order valence-electron chi connectivity index (χ3n) is 5.45. The van der Waals surface area contributed by atoms with E-state index >= 15 is 0 Å². The van der Waals surface area contributed by atoms with E-state index in [2.05, 4.69) is 4.90 Å². The molecule has 4 nitrogen and oxygen atoms in total. The number of rotatable bonds is 1. The Morgan fingerprint density at radius 3 is 3.09 bits per heavy atom. The first-order valence-electron chi connectivity index (χ1n) is 8.17. The molecule has 23 heavy (non-hydrogen) atoms. The number of aliphatic hydroxyl groups excluding tert-OH is 1. The van der Waals surface area contributed by atoms with Gasteiger partial charge in [0.25, 0.3) is 0 Å². The summed E-state index contributed by atoms with van der Waals surface area (Å²) in [5.74, 6) is 0.863. The van der Waals surface area contributed by atoms with Crippen molar-refractivity contribution in [2.45, 2.75) is 43.4 Å². The molecule has 1 aliphatic carbocycles. The highest BCUT2D eigenvalue weighted by molar-refractivity contribution is 5.61. The molecule has 2 aliphatic heterocycles. The van der Waals surface area contributed by atoms with Crippen LogP contribution in [0.4, 0.5) is 4.39 Å². The summed E-state index contributed by atoms with van der Waals surface area (Å²) >= 11 is 0. The number of benzene rings is 1. The average Bonchev–Trinajstić information content (AvgIpc) is 2.82. The standard InChI is InChI=1S/C18H22FNO3/c1-20-7-3-5-18-6-4-11(21)8-15(18)23-17-14(22-2)9-13(19)12(10-20)16(17)18/h4,6,9,11,15,21H,3,5,7-8,10H2,1-2H3/t11-,15-,18+/m0/s1. The summed E-state index contributed by atoms with van der Waals surface area (Å²) in [7, 11) is 3.55. The SMILES string of the molecule is COc1cc(F)c2c3c1O[C@H]1C[C@@H](O)C=C[C@@]31CCCN(C)C2. The van der Waals surface area contributed by atoms with Gasteiger partial charge in [0.05, 0.1) is 18.6 Å². The number of ether oxygens (including phenoxy) is 2. The Morgan fingerprint density at radius 2 is 2.30 bits per heavy atom. The Kier molecular flexibility index (Phi) is 3.39. The van der Waals surface area contributed by atoms with Crippen LogP contribution in [0.3, 0.4) is 0 Å². The smallest absolute Gasteiger partial charge is 0.166 e. The number of hydrogen-bond donors (Lipinski definition) is 1. The van der Waals surface area contributed by atoms with Crippen molar-refractivity contribution in [2.24, 2.45) is 0 Å². The number of methoxy groups -OCH3 is 1. The Bertz CT molecular complexity index is 675. The molecule has 0 radical (unpaired) electrons. The van der Waals surface area contributed by atoms with Gasteiger partial charge >= 0.3 is 0 Å². The Morgan fingerprint density at radius 1 is 1.48 bits per heavy atom. The summed E-state index contributed by atoms with van der Waals surface area (Å²) in [6.07, 6.45) is 5.65. The van der Waals surface area contributed by atoms with Crippen LogP contribution in [0.25, 0.3) is 0 Å². The topological polar surface area (TPSA) is 41.9 Å². The fourth-order valence-electron chi connectivity index (χ4n) is 4.36. The van der Waals surface area contributed by atoms with Crippen molar-refractivity contribution in [3.8, 4) is 11.5 Å². The first kappa shape index (κ1) is 15.0. The van der Waals surface area contributed by atoms with Crippen molar-refractivity contribution >= 4 is 0 Å². The van der Waals surface area contributed by atoms with Gasteiger partial charge in [-0.25, -0.2) is 4.39 Å². The van der Waals surface area contributed by atoms with Crippen molar-refractivity contribution in [1.29, 1.82) is 0 Å². The van der Waals surface area contributed by atoms with E-state index in [9.17, 15) is 9.50 Å². The lowest BCUT2D eigenvalue weighted by atomic mass is 9.67. The molecule has 0 saturated carbocycles. The van der Waals surface area contributed by atoms with Crippen LogP contribution >= 0.6 is 0 Å². The van der Waals surface area contributed by atoms with Gasteiger partial charge in [0.2, 0.25) is 0 Å². The van der Waals surface area contributed by atoms with Gasteiger partial charge in [0.1, 0.15) is 11.9 Å². The minimum absolute atomic E-state index is 0.157. The summed E-state index contributed by atoms with van der Waals surface area (Å²) < 4.78 is 26.4. The molecule has 0 amide bonds. The largest absolute Gasteiger partial charge is 0.493 e. The van der Waals surface area contributed by atoms with E-state index in [4.69, 9.17) is 9.47 Å². The molecule has 1 aromatic carbocycles. The fourth-order valence-corrected chi connectivity index (χ4v) is 4.36. The van der Waals surface area contributed by atoms with Crippen molar-refractivity contribution in [1.82, 2.24) is 4.90 Å². The summed E-state index contributed by atoms with van der Waals surface area (Å²) in [5.41, 5.74) is 1.28. The molecule has 1 aromatic rings. The number of halogens is 1. The normalized spacial score (nSPS) is 32.5. The van der Waals surface area contributed by atoms with Gasteiger partial charge in [-0.15, -0.1) is 0 Å². The van der Waals surface area contributed by atoms with Crippen molar-refractivity contribution in [3.05, 3.63) is 35.2 Å². The fraction of sp³-hybridized carbons (Fsp3) is 0.556. The minimum Gasteiger partial charge on any atom is -0.493 e. The zero-order chi connectivity index (χ0) is 16.2. The molecule has 3 aliphatic rings. The molecule has 4 rings (SSSR count). The molecule has 0 fully saturated rings. The van der Waals surface area contributed by atoms with Gasteiger partial charge in [-0.3, -0.25) is 0 Å². The molecule has 0 unspecified atom stereocenters. The number of hydrogen-bond acceptors (Lipinski definition) is 4. The van der Waals surface area contributed by atoms with Gasteiger partial charge in [0, 0.05) is 30.2 Å². The van der Waals surface area contributed by atoms with E-state index in [1.165, 1.54) is 13.2 Å². The maximum absolute atomic E-state index is 14.8. The quantitative estimate of drug-likeness (QED) is 0.807. The molecule has 124 valence electrons. The van der Waals surface area contributed by atoms with Crippen LogP contribution in [-0.4, -0.2) is 42.9 Å². The summed E-state index contributed by atoms with van der Waals surface area (Å²) in [6.45, 7) is 1.48. The van der Waals surface area contributed by atoms with Crippen LogP contribution < -0.4 is 9.47 Å². The van der Waals surface area contributed by atoms with E-state index in [0.29, 0.717) is 30.0 Å². The van der Waals surface area contributed by atoms with Gasteiger partial charge in [-0.2, -0.15) is 0 Å². The first-order chi connectivity index (χ1) is 11.0. The highest BCUT2D eigenvalue weighted by Crippen LogP contribution is 2.56. The van der Waals surface area contributed by atoms with Crippen LogP contribution in [0.2, 0.25) is 0 Å². The number of nitrogens with zero attached hydrogens (tertiary/aromatic N) is 1. The Balaban J connectivity index is 1.98. The van der Waals surface area contributed by atoms with Gasteiger partial charge in [-0.05, 0) is 26.4 Å². The molecular formula is C18H22FNO3. The van der Waals surface area contributed by atoms with E-state index < -0.39 is 6.10 Å². The van der Waals surface area contributed by atoms with Crippen LogP contribution in [0.15, 0.2) is 18.2 Å². The van der Waals surface area contributed by atoms with Crippen molar-refractivity contribution in [3.63, 3.8) is 0 Å². The van der Waals surface area contributed by atoms with Crippen LogP contribution in [0.1, 0.15) is 30.4 Å². The second kappa shape index (κ2) is 5.21.